The molecule has 0 spiro atoms. The third-order valence-electron chi connectivity index (χ3n) is 8.08. The van der Waals surface area contributed by atoms with Crippen LogP contribution in [0.2, 0.25) is 0 Å². The van der Waals surface area contributed by atoms with Gasteiger partial charge in [0.05, 0.1) is 27.0 Å². The van der Waals surface area contributed by atoms with Gasteiger partial charge in [-0.25, -0.2) is 12.7 Å². The van der Waals surface area contributed by atoms with E-state index in [-0.39, 0.29) is 55.9 Å². The molecule has 5 rings (SSSR count). The number of nitrogens with zero attached hydrogens (tertiary/aromatic N) is 3. The molecule has 2 heterocycles. The van der Waals surface area contributed by atoms with Gasteiger partial charge in [-0.3, -0.25) is 28.6 Å². The molecule has 15 heteroatoms. The Labute approximate surface area is 283 Å². The lowest BCUT2D eigenvalue weighted by atomic mass is 10.0. The van der Waals surface area contributed by atoms with Gasteiger partial charge in [-0.05, 0) is 37.6 Å². The number of hydrogen-bond acceptors (Lipinski definition) is 8. The van der Waals surface area contributed by atoms with Crippen LogP contribution >= 0.6 is 0 Å². The van der Waals surface area contributed by atoms with Crippen LogP contribution in [0.15, 0.2) is 89.8 Å². The molecule has 256 valence electrons. The Morgan fingerprint density at radius 1 is 0.837 bits per heavy atom. The number of aryl methyl sites for hydroxylation is 2. The van der Waals surface area contributed by atoms with Crippen molar-refractivity contribution in [2.75, 3.05) is 25.4 Å². The van der Waals surface area contributed by atoms with Crippen molar-refractivity contribution in [3.05, 3.63) is 96.1 Å². The zero-order chi connectivity index (χ0) is 35.3. The molecular weight excluding hydrogens is 673 g/mol. The number of carbonyl (C=O) groups is 4. The highest BCUT2D eigenvalue weighted by Crippen LogP contribution is 2.29. The topological polar surface area (TPSA) is 179 Å². The summed E-state index contributed by atoms with van der Waals surface area (Å²) in [5, 5.41) is 3.48. The predicted molar refractivity (Wildman–Crippen MR) is 180 cm³/mol. The van der Waals surface area contributed by atoms with Gasteiger partial charge in [-0.2, -0.15) is 13.0 Å². The second-order valence-electron chi connectivity index (χ2n) is 11.5. The molecule has 1 aliphatic heterocycles. The van der Waals surface area contributed by atoms with Crippen LogP contribution in [0, 0.1) is 6.92 Å². The summed E-state index contributed by atoms with van der Waals surface area (Å²) in [5.74, 6) is -2.67. The van der Waals surface area contributed by atoms with E-state index in [1.165, 1.54) is 12.1 Å². The molecule has 2 N–H and O–H groups in total. The van der Waals surface area contributed by atoms with E-state index in [0.717, 1.165) is 26.9 Å². The van der Waals surface area contributed by atoms with Gasteiger partial charge in [-0.15, -0.1) is 0 Å². The van der Waals surface area contributed by atoms with Crippen molar-refractivity contribution in [3.63, 3.8) is 0 Å². The maximum absolute atomic E-state index is 14.6. The lowest BCUT2D eigenvalue weighted by Crippen LogP contribution is -2.41. The number of fused-ring (bicyclic) bond motifs is 2. The largest absolute Gasteiger partial charge is 0.354 e. The second kappa shape index (κ2) is 14.6. The van der Waals surface area contributed by atoms with Crippen molar-refractivity contribution < 1.29 is 45.1 Å². The van der Waals surface area contributed by atoms with Gasteiger partial charge in [0, 0.05) is 56.8 Å². The number of nitrogens with one attached hydrogen (secondary N) is 1. The first-order chi connectivity index (χ1) is 23.3. The van der Waals surface area contributed by atoms with E-state index >= 15 is 0 Å². The van der Waals surface area contributed by atoms with E-state index in [2.05, 4.69) is 5.32 Å². The van der Waals surface area contributed by atoms with Gasteiger partial charge < -0.3 is 5.32 Å². The van der Waals surface area contributed by atoms with Crippen molar-refractivity contribution in [3.8, 4) is 0 Å². The summed E-state index contributed by atoms with van der Waals surface area (Å²) >= 11 is 0. The van der Waals surface area contributed by atoms with Crippen LogP contribution in [0.1, 0.15) is 35.2 Å². The molecule has 0 atom stereocenters. The number of rotatable bonds is 14. The molecule has 0 bridgehead atoms. The number of carbonyl (C=O) groups excluding carboxylic acids is 4. The Kier molecular flexibility index (Phi) is 10.6. The first-order valence-corrected chi connectivity index (χ1v) is 18.6. The minimum Gasteiger partial charge on any atom is -0.354 e. The van der Waals surface area contributed by atoms with E-state index in [1.807, 2.05) is 4.57 Å². The Morgan fingerprint density at radius 2 is 1.41 bits per heavy atom. The number of pyridine rings is 1. The average Bonchev–Trinajstić information content (AvgIpc) is 3.38. The minimum absolute atomic E-state index is 0.00846. The third kappa shape index (κ3) is 8.01. The van der Waals surface area contributed by atoms with E-state index in [1.54, 1.807) is 67.6 Å². The highest BCUT2D eigenvalue weighted by molar-refractivity contribution is 7.89. The molecule has 0 fully saturated rings. The molecule has 13 nitrogen and oxygen atoms in total. The van der Waals surface area contributed by atoms with Gasteiger partial charge in [0.2, 0.25) is 16.9 Å². The number of benzene rings is 3. The normalized spacial score (nSPS) is 13.4. The summed E-state index contributed by atoms with van der Waals surface area (Å²) in [4.78, 5) is 51.7. The molecule has 1 aromatic heterocycles. The van der Waals surface area contributed by atoms with Gasteiger partial charge >= 0.3 is 0 Å². The maximum atomic E-state index is 14.6. The van der Waals surface area contributed by atoms with Crippen molar-refractivity contribution >= 4 is 65.6 Å². The average molecular weight is 708 g/mol. The smallest absolute Gasteiger partial charge is 0.269 e. The van der Waals surface area contributed by atoms with Crippen LogP contribution in [-0.4, -0.2) is 79.6 Å². The molecule has 49 heavy (non-hydrogen) atoms. The van der Waals surface area contributed by atoms with Crippen molar-refractivity contribution in [1.29, 1.82) is 0 Å². The standard InChI is InChI=1S/C34H34N4O9S2/c1-24-13-15-25(16-14-24)49(46,47)38(21-6-12-30(39)35-19-22-37-31(40)17-18-32(37)41)34(42)33-26-8-2-4-10-28(26)36(20-7-23-48(43,44)45)29-11-5-3-9-27(29)33/h2-5,8-11,13-18H,6-7,12,19-23H2,1H3,(H-,35,39,43,44,45)/p+1. The molecule has 1 aliphatic rings. The number of imide groups is 1. The summed E-state index contributed by atoms with van der Waals surface area (Å²) in [6.07, 6.45) is 2.21. The number of hydrogen-bond donors (Lipinski definition) is 2. The molecule has 0 aliphatic carbocycles. The third-order valence-corrected chi connectivity index (χ3v) is 10.7. The zero-order valence-electron chi connectivity index (χ0n) is 26.6. The first kappa shape index (κ1) is 35.3. The van der Waals surface area contributed by atoms with E-state index in [0.29, 0.717) is 21.8 Å². The summed E-state index contributed by atoms with van der Waals surface area (Å²) in [7, 11) is -8.63. The van der Waals surface area contributed by atoms with Crippen molar-refractivity contribution in [2.24, 2.45) is 0 Å². The van der Waals surface area contributed by atoms with Crippen LogP contribution in [-0.2, 0) is 41.1 Å². The summed E-state index contributed by atoms with van der Waals surface area (Å²) in [6, 6.07) is 19.8. The highest BCUT2D eigenvalue weighted by Gasteiger charge is 2.34. The second-order valence-corrected chi connectivity index (χ2v) is 14.9. The fourth-order valence-electron chi connectivity index (χ4n) is 5.72. The molecule has 4 aromatic rings. The summed E-state index contributed by atoms with van der Waals surface area (Å²) < 4.78 is 63.0. The Hall–Kier alpha value is -4.99. The monoisotopic (exact) mass is 707 g/mol. The molecule has 0 saturated heterocycles. The first-order valence-electron chi connectivity index (χ1n) is 15.5. The quantitative estimate of drug-likeness (QED) is 0.0862. The number of sulfonamides is 1. The Bertz CT molecular complexity index is 2130. The predicted octanol–water partition coefficient (Wildman–Crippen LogP) is 2.52. The van der Waals surface area contributed by atoms with E-state index < -0.39 is 49.5 Å². The van der Waals surface area contributed by atoms with Crippen LogP contribution in [0.4, 0.5) is 0 Å². The van der Waals surface area contributed by atoms with Crippen LogP contribution in [0.3, 0.4) is 0 Å². The Morgan fingerprint density at radius 3 is 1.98 bits per heavy atom. The molecular formula is C34H35N4O9S2+. The summed E-state index contributed by atoms with van der Waals surface area (Å²) in [5.41, 5.74) is 2.04. The highest BCUT2D eigenvalue weighted by atomic mass is 32.2. The van der Waals surface area contributed by atoms with Gasteiger partial charge in [0.1, 0.15) is 0 Å². The number of amides is 4. The van der Waals surface area contributed by atoms with Gasteiger partial charge in [-0.1, -0.05) is 42.0 Å². The van der Waals surface area contributed by atoms with E-state index in [4.69, 9.17) is 0 Å². The lowest BCUT2D eigenvalue weighted by Gasteiger charge is -2.24. The molecule has 0 radical (unpaired) electrons. The van der Waals surface area contributed by atoms with Gasteiger partial charge in [0.15, 0.2) is 6.54 Å². The Balaban J connectivity index is 1.47. The molecule has 4 amide bonds. The van der Waals surface area contributed by atoms with Crippen molar-refractivity contribution in [1.82, 2.24) is 14.5 Å². The van der Waals surface area contributed by atoms with Gasteiger partial charge in [0.25, 0.3) is 37.9 Å². The number of aromatic nitrogens is 1. The minimum atomic E-state index is -4.42. The number of para-hydroxylation sites is 2. The molecule has 3 aromatic carbocycles. The molecule has 0 unspecified atom stereocenters. The van der Waals surface area contributed by atoms with Crippen LogP contribution in [0.5, 0.6) is 0 Å². The fourth-order valence-corrected chi connectivity index (χ4v) is 7.62. The van der Waals surface area contributed by atoms with Crippen LogP contribution < -0.4 is 9.88 Å². The zero-order valence-corrected chi connectivity index (χ0v) is 28.2. The summed E-state index contributed by atoms with van der Waals surface area (Å²) in [6.45, 7) is 1.65. The fraction of sp³-hybridized carbons (Fsp3) is 0.265. The lowest BCUT2D eigenvalue weighted by molar-refractivity contribution is -0.645. The maximum Gasteiger partial charge on any atom is 0.269 e. The molecule has 0 saturated carbocycles. The van der Waals surface area contributed by atoms with Crippen LogP contribution in [0.25, 0.3) is 21.8 Å². The van der Waals surface area contributed by atoms with Crippen molar-refractivity contribution in [2.45, 2.75) is 37.6 Å². The SMILES string of the molecule is Cc1ccc(S(=O)(=O)N(CCCC(=O)NCCN2C(=O)C=CC2=O)C(=O)c2c3ccccc3[n+](CCCS(=O)(=O)O)c3ccccc23)cc1. The van der Waals surface area contributed by atoms with E-state index in [9.17, 15) is 40.6 Å².